The summed E-state index contributed by atoms with van der Waals surface area (Å²) in [6, 6.07) is 7.23. The number of para-hydroxylation sites is 1. The van der Waals surface area contributed by atoms with E-state index in [2.05, 4.69) is 21.9 Å². The minimum absolute atomic E-state index is 0. The fourth-order valence-corrected chi connectivity index (χ4v) is 4.45. The van der Waals surface area contributed by atoms with Crippen LogP contribution in [-0.4, -0.2) is 33.0 Å². The molecule has 0 aliphatic carbocycles. The van der Waals surface area contributed by atoms with Gasteiger partial charge in [-0.1, -0.05) is 19.1 Å². The average molecular weight is 370 g/mol. The van der Waals surface area contributed by atoms with Crippen LogP contribution in [0.25, 0.3) is 10.9 Å². The van der Waals surface area contributed by atoms with Gasteiger partial charge in [0.05, 0.1) is 5.52 Å². The van der Waals surface area contributed by atoms with Crippen molar-refractivity contribution in [2.24, 2.45) is 5.41 Å². The van der Waals surface area contributed by atoms with Crippen LogP contribution < -0.4 is 10.0 Å². The Morgan fingerprint density at radius 1 is 1.38 bits per heavy atom. The predicted molar refractivity (Wildman–Crippen MR) is 99.1 cm³/mol. The van der Waals surface area contributed by atoms with Crippen molar-refractivity contribution >= 4 is 33.3 Å². The molecule has 2 N–H and O–H groups in total. The lowest BCUT2D eigenvalue weighted by Gasteiger charge is -2.34. The maximum absolute atomic E-state index is 12.7. The van der Waals surface area contributed by atoms with Crippen LogP contribution in [0.5, 0.6) is 0 Å². The molecule has 5 nitrogen and oxygen atoms in total. The monoisotopic (exact) mass is 369 g/mol. The molecule has 132 valence electrons. The smallest absolute Gasteiger partial charge is 0.242 e. The van der Waals surface area contributed by atoms with E-state index in [1.165, 1.54) is 0 Å². The van der Waals surface area contributed by atoms with Crippen LogP contribution in [0.15, 0.2) is 35.4 Å². The Morgan fingerprint density at radius 2 is 2.17 bits per heavy atom. The molecule has 1 fully saturated rings. The zero-order valence-electron chi connectivity index (χ0n) is 14.0. The predicted octanol–water partition coefficient (Wildman–Crippen LogP) is 2.63. The van der Waals surface area contributed by atoms with E-state index < -0.39 is 10.0 Å². The van der Waals surface area contributed by atoms with Gasteiger partial charge in [-0.15, -0.1) is 12.4 Å². The second kappa shape index (κ2) is 7.35. The van der Waals surface area contributed by atoms with Crippen LogP contribution in [0, 0.1) is 12.3 Å². The highest BCUT2D eigenvalue weighted by Crippen LogP contribution is 2.26. The number of aromatic nitrogens is 1. The first-order valence-electron chi connectivity index (χ1n) is 7.95. The topological polar surface area (TPSA) is 71.1 Å². The van der Waals surface area contributed by atoms with Gasteiger partial charge in [0.2, 0.25) is 10.0 Å². The molecule has 0 radical (unpaired) electrons. The Labute approximate surface area is 149 Å². The molecule has 1 saturated heterocycles. The molecule has 1 aliphatic rings. The van der Waals surface area contributed by atoms with Crippen molar-refractivity contribution in [3.63, 3.8) is 0 Å². The number of pyridine rings is 1. The highest BCUT2D eigenvalue weighted by Gasteiger charge is 2.29. The Hall–Kier alpha value is -1.21. The summed E-state index contributed by atoms with van der Waals surface area (Å²) in [5.41, 5.74) is 1.50. The van der Waals surface area contributed by atoms with Crippen LogP contribution in [-0.2, 0) is 10.0 Å². The van der Waals surface area contributed by atoms with Gasteiger partial charge >= 0.3 is 0 Å². The van der Waals surface area contributed by atoms with E-state index in [0.717, 1.165) is 36.9 Å². The van der Waals surface area contributed by atoms with E-state index in [4.69, 9.17) is 0 Å². The number of nitrogens with one attached hydrogen (secondary N) is 2. The summed E-state index contributed by atoms with van der Waals surface area (Å²) in [5, 5.41) is 4.19. The number of sulfonamides is 1. The van der Waals surface area contributed by atoms with Crippen LogP contribution in [0.3, 0.4) is 0 Å². The highest BCUT2D eigenvalue weighted by atomic mass is 35.5. The standard InChI is InChI=1S/C17H23N3O2S.ClH/c1-13-9-14-5-3-6-15(16(14)19-10-13)23(21,22)20-12-17(2)7-4-8-18-11-17;/h3,5-6,9-10,18,20H,4,7-8,11-12H2,1-2H3;1H. The Bertz CT molecular complexity index is 818. The molecule has 7 heteroatoms. The lowest BCUT2D eigenvalue weighted by molar-refractivity contribution is 0.238. The van der Waals surface area contributed by atoms with Crippen molar-refractivity contribution < 1.29 is 8.42 Å². The number of fused-ring (bicyclic) bond motifs is 1. The molecule has 1 unspecified atom stereocenters. The van der Waals surface area contributed by atoms with E-state index in [9.17, 15) is 8.42 Å². The van der Waals surface area contributed by atoms with Crippen molar-refractivity contribution in [1.82, 2.24) is 15.0 Å². The first-order chi connectivity index (χ1) is 10.9. The summed E-state index contributed by atoms with van der Waals surface area (Å²) in [6.45, 7) is 6.34. The fraction of sp³-hybridized carbons (Fsp3) is 0.471. The summed E-state index contributed by atoms with van der Waals surface area (Å²) in [7, 11) is -3.58. The summed E-state index contributed by atoms with van der Waals surface area (Å²) in [5.74, 6) is 0. The first-order valence-corrected chi connectivity index (χ1v) is 9.44. The van der Waals surface area contributed by atoms with Crippen molar-refractivity contribution in [1.29, 1.82) is 0 Å². The molecule has 0 saturated carbocycles. The van der Waals surface area contributed by atoms with Crippen LogP contribution in [0.1, 0.15) is 25.3 Å². The van der Waals surface area contributed by atoms with E-state index in [0.29, 0.717) is 12.1 Å². The summed E-state index contributed by atoms with van der Waals surface area (Å²) >= 11 is 0. The summed E-state index contributed by atoms with van der Waals surface area (Å²) in [6.07, 6.45) is 3.80. The molecule has 0 bridgehead atoms. The Kier molecular flexibility index (Phi) is 5.86. The van der Waals surface area contributed by atoms with Gasteiger partial charge in [0.25, 0.3) is 0 Å². The number of aryl methyl sites for hydroxylation is 1. The number of hydrogen-bond acceptors (Lipinski definition) is 4. The van der Waals surface area contributed by atoms with Gasteiger partial charge in [-0.25, -0.2) is 13.1 Å². The van der Waals surface area contributed by atoms with Gasteiger partial charge in [0.1, 0.15) is 4.90 Å². The number of nitrogens with zero attached hydrogens (tertiary/aromatic N) is 1. The van der Waals surface area contributed by atoms with Crippen LogP contribution >= 0.6 is 12.4 Å². The zero-order valence-corrected chi connectivity index (χ0v) is 15.6. The fourth-order valence-electron chi connectivity index (χ4n) is 3.08. The van der Waals surface area contributed by atoms with Gasteiger partial charge in [-0.3, -0.25) is 4.98 Å². The van der Waals surface area contributed by atoms with Crippen molar-refractivity contribution in [2.45, 2.75) is 31.6 Å². The lowest BCUT2D eigenvalue weighted by atomic mass is 9.83. The zero-order chi connectivity index (χ0) is 16.5. The molecular formula is C17H24ClN3O2S. The van der Waals surface area contributed by atoms with Crippen molar-refractivity contribution in [2.75, 3.05) is 19.6 Å². The van der Waals surface area contributed by atoms with Gasteiger partial charge < -0.3 is 5.32 Å². The van der Waals surface area contributed by atoms with Gasteiger partial charge in [-0.05, 0) is 49.4 Å². The number of rotatable bonds is 4. The number of hydrogen-bond donors (Lipinski definition) is 2. The van der Waals surface area contributed by atoms with Gasteiger partial charge in [-0.2, -0.15) is 0 Å². The third-order valence-corrected chi connectivity index (χ3v) is 5.91. The minimum atomic E-state index is -3.58. The Balaban J connectivity index is 0.00000208. The van der Waals surface area contributed by atoms with Crippen molar-refractivity contribution in [3.8, 4) is 0 Å². The van der Waals surface area contributed by atoms with Crippen molar-refractivity contribution in [3.05, 3.63) is 36.0 Å². The Morgan fingerprint density at radius 3 is 2.88 bits per heavy atom. The molecular weight excluding hydrogens is 346 g/mol. The molecule has 0 amide bonds. The summed E-state index contributed by atoms with van der Waals surface area (Å²) < 4.78 is 28.3. The SMILES string of the molecule is Cc1cnc2c(S(=O)(=O)NCC3(C)CCCNC3)cccc2c1.Cl. The van der Waals surface area contributed by atoms with Crippen LogP contribution in [0.2, 0.25) is 0 Å². The number of benzene rings is 1. The molecule has 1 aromatic heterocycles. The normalized spacial score (nSPS) is 21.4. The van der Waals surface area contributed by atoms with Crippen LogP contribution in [0.4, 0.5) is 0 Å². The second-order valence-electron chi connectivity index (χ2n) is 6.76. The number of piperidine rings is 1. The van der Waals surface area contributed by atoms with Gasteiger partial charge in [0, 0.05) is 24.7 Å². The summed E-state index contributed by atoms with van der Waals surface area (Å²) in [4.78, 5) is 4.58. The molecule has 3 rings (SSSR count). The molecule has 24 heavy (non-hydrogen) atoms. The van der Waals surface area contributed by atoms with E-state index in [1.807, 2.05) is 19.1 Å². The largest absolute Gasteiger partial charge is 0.316 e. The highest BCUT2D eigenvalue weighted by molar-refractivity contribution is 7.89. The third kappa shape index (κ3) is 4.06. The molecule has 2 heterocycles. The minimum Gasteiger partial charge on any atom is -0.316 e. The van der Waals surface area contributed by atoms with E-state index in [1.54, 1.807) is 18.3 Å². The number of halogens is 1. The molecule has 0 spiro atoms. The second-order valence-corrected chi connectivity index (χ2v) is 8.49. The molecule has 1 aromatic carbocycles. The maximum atomic E-state index is 12.7. The molecule has 2 aromatic rings. The molecule has 1 aliphatic heterocycles. The van der Waals surface area contributed by atoms with E-state index >= 15 is 0 Å². The third-order valence-electron chi connectivity index (χ3n) is 4.47. The van der Waals surface area contributed by atoms with E-state index in [-0.39, 0.29) is 22.7 Å². The average Bonchev–Trinajstić information content (AvgIpc) is 2.53. The lowest BCUT2D eigenvalue weighted by Crippen LogP contribution is -2.45. The first kappa shape index (κ1) is 19.1. The quantitative estimate of drug-likeness (QED) is 0.869. The maximum Gasteiger partial charge on any atom is 0.242 e. The van der Waals surface area contributed by atoms with Gasteiger partial charge in [0.15, 0.2) is 0 Å². The molecule has 1 atom stereocenters.